The van der Waals surface area contributed by atoms with Crippen molar-refractivity contribution in [2.24, 2.45) is 5.73 Å². The van der Waals surface area contributed by atoms with Crippen LogP contribution in [0.4, 0.5) is 0 Å². The highest BCUT2D eigenvalue weighted by Gasteiger charge is 2.32. The number of nitrogens with one attached hydrogen (secondary N) is 1. The molecule has 2 rings (SSSR count). The Morgan fingerprint density at radius 3 is 2.50 bits per heavy atom. The van der Waals surface area contributed by atoms with Gasteiger partial charge in [-0.25, -0.2) is 4.98 Å². The number of hydrogen-bond donors (Lipinski definition) is 2. The van der Waals surface area contributed by atoms with Gasteiger partial charge in [-0.05, 0) is 18.9 Å². The van der Waals surface area contributed by atoms with E-state index in [-0.39, 0.29) is 36.8 Å². The van der Waals surface area contributed by atoms with E-state index in [0.29, 0.717) is 0 Å². The molecule has 0 saturated heterocycles. The number of hydrogen-bond acceptors (Lipinski definition) is 4. The minimum Gasteiger partial charge on any atom is -0.345 e. The zero-order valence-corrected chi connectivity index (χ0v) is 14.9. The summed E-state index contributed by atoms with van der Waals surface area (Å²) in [5.74, 6) is -0.189. The van der Waals surface area contributed by atoms with Gasteiger partial charge >= 0.3 is 0 Å². The van der Waals surface area contributed by atoms with E-state index in [0.717, 1.165) is 17.0 Å². The highest BCUT2D eigenvalue weighted by molar-refractivity contribution is 7.09. The number of amides is 1. The first kappa shape index (κ1) is 20.9. The van der Waals surface area contributed by atoms with Crippen molar-refractivity contribution in [3.05, 3.63) is 52.5 Å². The zero-order chi connectivity index (χ0) is 14.6. The van der Waals surface area contributed by atoms with Crippen molar-refractivity contribution in [1.82, 2.24) is 10.3 Å². The van der Waals surface area contributed by atoms with Gasteiger partial charge in [0.1, 0.15) is 10.5 Å². The van der Waals surface area contributed by atoms with E-state index in [9.17, 15) is 4.79 Å². The van der Waals surface area contributed by atoms with E-state index in [1.807, 2.05) is 42.6 Å². The number of thiazole rings is 1. The van der Waals surface area contributed by atoms with Gasteiger partial charge in [-0.1, -0.05) is 37.3 Å². The third-order valence-electron chi connectivity index (χ3n) is 3.31. The lowest BCUT2D eigenvalue weighted by molar-refractivity contribution is -0.126. The second kappa shape index (κ2) is 9.10. The average Bonchev–Trinajstić information content (AvgIpc) is 2.99. The predicted octanol–water partition coefficient (Wildman–Crippen LogP) is 3.43. The van der Waals surface area contributed by atoms with E-state index in [2.05, 4.69) is 10.3 Å². The van der Waals surface area contributed by atoms with Crippen molar-refractivity contribution in [1.29, 1.82) is 0 Å². The van der Waals surface area contributed by atoms with Crippen LogP contribution in [0.15, 0.2) is 41.9 Å². The van der Waals surface area contributed by atoms with Crippen molar-refractivity contribution in [3.8, 4) is 0 Å². The Morgan fingerprint density at radius 2 is 2.00 bits per heavy atom. The second-order valence-electron chi connectivity index (χ2n) is 4.87. The van der Waals surface area contributed by atoms with Crippen LogP contribution in [0.5, 0.6) is 0 Å². The van der Waals surface area contributed by atoms with Gasteiger partial charge in [-0.15, -0.1) is 36.2 Å². The molecule has 3 N–H and O–H groups in total. The molecule has 0 radical (unpaired) electrons. The molecule has 2 atom stereocenters. The summed E-state index contributed by atoms with van der Waals surface area (Å²) in [6.45, 7) is 3.74. The summed E-state index contributed by atoms with van der Waals surface area (Å²) >= 11 is 1.54. The summed E-state index contributed by atoms with van der Waals surface area (Å²) in [5.41, 5.74) is 5.96. The van der Waals surface area contributed by atoms with E-state index in [1.165, 1.54) is 11.3 Å². The van der Waals surface area contributed by atoms with E-state index in [1.54, 1.807) is 13.1 Å². The Bertz CT molecular complexity index is 561. The van der Waals surface area contributed by atoms with Gasteiger partial charge in [0.15, 0.2) is 0 Å². The molecule has 122 valence electrons. The molecule has 0 fully saturated rings. The molecule has 0 aliphatic heterocycles. The summed E-state index contributed by atoms with van der Waals surface area (Å²) in [5, 5.41) is 5.80. The van der Waals surface area contributed by atoms with Gasteiger partial charge in [-0.2, -0.15) is 0 Å². The highest BCUT2D eigenvalue weighted by atomic mass is 35.5. The summed E-state index contributed by atoms with van der Waals surface area (Å²) in [7, 11) is 0. The van der Waals surface area contributed by atoms with Crippen LogP contribution in [0.3, 0.4) is 0 Å². The third kappa shape index (κ3) is 4.68. The molecule has 22 heavy (non-hydrogen) atoms. The molecule has 1 amide bonds. The van der Waals surface area contributed by atoms with Crippen LogP contribution in [0.1, 0.15) is 36.9 Å². The Morgan fingerprint density at radius 1 is 1.36 bits per heavy atom. The topological polar surface area (TPSA) is 68.0 Å². The molecule has 1 aromatic heterocycles. The quantitative estimate of drug-likeness (QED) is 0.856. The molecule has 0 saturated carbocycles. The minimum atomic E-state index is -1.05. The molecule has 0 aliphatic rings. The molecule has 1 heterocycles. The fourth-order valence-electron chi connectivity index (χ4n) is 1.97. The maximum Gasteiger partial charge on any atom is 0.244 e. The first-order chi connectivity index (χ1) is 9.55. The number of rotatable bonds is 5. The van der Waals surface area contributed by atoms with Crippen LogP contribution in [-0.2, 0) is 10.3 Å². The van der Waals surface area contributed by atoms with Crippen LogP contribution in [0.25, 0.3) is 0 Å². The summed E-state index contributed by atoms with van der Waals surface area (Å²) in [6.07, 6.45) is 2.53. The molecule has 2 unspecified atom stereocenters. The molecule has 0 bridgehead atoms. The third-order valence-corrected chi connectivity index (χ3v) is 4.20. The zero-order valence-electron chi connectivity index (χ0n) is 12.5. The number of benzene rings is 1. The van der Waals surface area contributed by atoms with Crippen LogP contribution < -0.4 is 11.1 Å². The van der Waals surface area contributed by atoms with E-state index in [4.69, 9.17) is 5.73 Å². The van der Waals surface area contributed by atoms with Gasteiger partial charge < -0.3 is 11.1 Å². The van der Waals surface area contributed by atoms with Crippen molar-refractivity contribution < 1.29 is 4.79 Å². The highest BCUT2D eigenvalue weighted by Crippen LogP contribution is 2.22. The lowest BCUT2D eigenvalue weighted by atomic mass is 9.92. The second-order valence-corrected chi connectivity index (χ2v) is 5.80. The molecule has 4 nitrogen and oxygen atoms in total. The number of nitrogens with two attached hydrogens (primary N) is 1. The Balaban J connectivity index is 0.00000220. The maximum atomic E-state index is 12.5. The smallest absolute Gasteiger partial charge is 0.244 e. The predicted molar refractivity (Wildman–Crippen MR) is 95.8 cm³/mol. The van der Waals surface area contributed by atoms with Gasteiger partial charge in [0, 0.05) is 11.6 Å². The molecule has 1 aromatic carbocycles. The van der Waals surface area contributed by atoms with Gasteiger partial charge in [0.05, 0.1) is 6.04 Å². The van der Waals surface area contributed by atoms with Crippen LogP contribution in [0, 0.1) is 0 Å². The number of aromatic nitrogens is 1. The molecule has 2 aromatic rings. The lowest BCUT2D eigenvalue weighted by Gasteiger charge is -2.26. The standard InChI is InChI=1S/C15H19N3OS.2ClH/c1-3-12(13-17-9-10-20-13)18-14(19)15(2,16)11-7-5-4-6-8-11;;/h4-10,12H,3,16H2,1-2H3,(H,18,19);2*1H. The molecule has 7 heteroatoms. The van der Waals surface area contributed by atoms with E-state index < -0.39 is 5.54 Å². The number of halogens is 2. The van der Waals surface area contributed by atoms with E-state index >= 15 is 0 Å². The van der Waals surface area contributed by atoms with Crippen LogP contribution in [0.2, 0.25) is 0 Å². The molecular formula is C15H21Cl2N3OS. The van der Waals surface area contributed by atoms with Crippen molar-refractivity contribution in [2.75, 3.05) is 0 Å². The Labute approximate surface area is 147 Å². The maximum absolute atomic E-state index is 12.5. The van der Waals surface area contributed by atoms with Crippen LogP contribution >= 0.6 is 36.2 Å². The normalized spacial score (nSPS) is 14.0. The number of nitrogens with zero attached hydrogens (tertiary/aromatic N) is 1. The largest absolute Gasteiger partial charge is 0.345 e. The van der Waals surface area contributed by atoms with Gasteiger partial charge in [-0.3, -0.25) is 4.79 Å². The van der Waals surface area contributed by atoms with Crippen molar-refractivity contribution in [2.45, 2.75) is 31.8 Å². The molecule has 0 spiro atoms. The number of carbonyl (C=O) groups excluding carboxylic acids is 1. The van der Waals surface area contributed by atoms with Gasteiger partial charge in [0.25, 0.3) is 0 Å². The Hall–Kier alpha value is -1.14. The molecule has 0 aliphatic carbocycles. The SMILES string of the molecule is CCC(NC(=O)C(C)(N)c1ccccc1)c1nccs1.Cl.Cl. The summed E-state index contributed by atoms with van der Waals surface area (Å²) < 4.78 is 0. The van der Waals surface area contributed by atoms with Crippen LogP contribution in [-0.4, -0.2) is 10.9 Å². The first-order valence-electron chi connectivity index (χ1n) is 6.60. The fourth-order valence-corrected chi connectivity index (χ4v) is 2.74. The number of carbonyl (C=O) groups is 1. The lowest BCUT2D eigenvalue weighted by Crippen LogP contribution is -2.49. The van der Waals surface area contributed by atoms with Gasteiger partial charge in [0.2, 0.25) is 5.91 Å². The summed E-state index contributed by atoms with van der Waals surface area (Å²) in [4.78, 5) is 16.7. The van der Waals surface area contributed by atoms with Crippen molar-refractivity contribution >= 4 is 42.1 Å². The minimum absolute atomic E-state index is 0. The fraction of sp³-hybridized carbons (Fsp3) is 0.333. The summed E-state index contributed by atoms with van der Waals surface area (Å²) in [6, 6.07) is 9.31. The molecular weight excluding hydrogens is 341 g/mol. The average molecular weight is 362 g/mol. The van der Waals surface area contributed by atoms with Crippen molar-refractivity contribution in [3.63, 3.8) is 0 Å². The first-order valence-corrected chi connectivity index (χ1v) is 7.48. The Kier molecular flexibility index (Phi) is 8.63. The monoisotopic (exact) mass is 361 g/mol.